The molecule has 0 aliphatic rings. The molecule has 0 saturated heterocycles. The maximum absolute atomic E-state index is 12.1. The minimum atomic E-state index is -0.0797. The van der Waals surface area contributed by atoms with Crippen molar-refractivity contribution in [3.8, 4) is 10.7 Å². The standard InChI is InChI=1S/C15H12BrN3OS/c16-11-3-1-4-12(9-11)18-14(20)10-19-7-6-17-15(19)13-5-2-8-21-13/h1-9H,10H2,(H,18,20). The molecule has 1 N–H and O–H groups in total. The molecule has 0 radical (unpaired) electrons. The third-order valence-electron chi connectivity index (χ3n) is 2.88. The summed E-state index contributed by atoms with van der Waals surface area (Å²) in [5.41, 5.74) is 0.771. The Morgan fingerprint density at radius 1 is 1.33 bits per heavy atom. The Bertz CT molecular complexity index is 752. The normalized spacial score (nSPS) is 10.5. The first kappa shape index (κ1) is 14.0. The largest absolute Gasteiger partial charge is 0.324 e. The summed E-state index contributed by atoms with van der Waals surface area (Å²) in [6.45, 7) is 0.236. The molecule has 0 unspecified atom stereocenters. The molecule has 2 heterocycles. The van der Waals surface area contributed by atoms with Gasteiger partial charge < -0.3 is 9.88 Å². The molecule has 0 fully saturated rings. The summed E-state index contributed by atoms with van der Waals surface area (Å²) in [6.07, 6.45) is 3.52. The maximum atomic E-state index is 12.1. The molecule has 4 nitrogen and oxygen atoms in total. The van der Waals surface area contributed by atoms with Gasteiger partial charge >= 0.3 is 0 Å². The number of benzene rings is 1. The van der Waals surface area contributed by atoms with Gasteiger partial charge in [-0.05, 0) is 29.6 Å². The van der Waals surface area contributed by atoms with Gasteiger partial charge in [0.1, 0.15) is 12.4 Å². The number of thiophene rings is 1. The Balaban J connectivity index is 1.73. The monoisotopic (exact) mass is 361 g/mol. The first-order chi connectivity index (χ1) is 10.2. The van der Waals surface area contributed by atoms with Gasteiger partial charge in [0.05, 0.1) is 4.88 Å². The number of halogens is 1. The number of carbonyl (C=O) groups is 1. The van der Waals surface area contributed by atoms with E-state index >= 15 is 0 Å². The third-order valence-corrected chi connectivity index (χ3v) is 4.24. The van der Waals surface area contributed by atoms with E-state index in [1.165, 1.54) is 0 Å². The lowest BCUT2D eigenvalue weighted by molar-refractivity contribution is -0.116. The van der Waals surface area contributed by atoms with E-state index in [1.807, 2.05) is 52.5 Å². The first-order valence-corrected chi connectivity index (χ1v) is 8.00. The van der Waals surface area contributed by atoms with Crippen LogP contribution in [0.3, 0.4) is 0 Å². The Morgan fingerprint density at radius 2 is 2.24 bits per heavy atom. The quantitative estimate of drug-likeness (QED) is 0.762. The third kappa shape index (κ3) is 3.40. The van der Waals surface area contributed by atoms with Gasteiger partial charge in [-0.1, -0.05) is 28.1 Å². The Morgan fingerprint density at radius 3 is 3.00 bits per heavy atom. The molecule has 0 bridgehead atoms. The van der Waals surface area contributed by atoms with Crippen LogP contribution in [0.4, 0.5) is 5.69 Å². The summed E-state index contributed by atoms with van der Waals surface area (Å²) in [7, 11) is 0. The number of rotatable bonds is 4. The molecule has 2 aromatic heterocycles. The average Bonchev–Trinajstić information content (AvgIpc) is 3.08. The summed E-state index contributed by atoms with van der Waals surface area (Å²) in [5.74, 6) is 0.735. The molecule has 0 aliphatic carbocycles. The van der Waals surface area contributed by atoms with Gasteiger partial charge in [0.15, 0.2) is 0 Å². The van der Waals surface area contributed by atoms with Crippen molar-refractivity contribution in [3.05, 3.63) is 58.6 Å². The number of hydrogen-bond donors (Lipinski definition) is 1. The van der Waals surface area contributed by atoms with Crippen LogP contribution in [0.15, 0.2) is 58.6 Å². The minimum absolute atomic E-state index is 0.0797. The van der Waals surface area contributed by atoms with Gasteiger partial charge in [0.25, 0.3) is 0 Å². The van der Waals surface area contributed by atoms with E-state index in [-0.39, 0.29) is 12.5 Å². The topological polar surface area (TPSA) is 46.9 Å². The fourth-order valence-corrected chi connectivity index (χ4v) is 3.12. The van der Waals surface area contributed by atoms with Crippen molar-refractivity contribution in [1.29, 1.82) is 0 Å². The number of amides is 1. The predicted octanol–water partition coefficient (Wildman–Crippen LogP) is 4.01. The Labute approximate surface area is 134 Å². The number of anilines is 1. The van der Waals surface area contributed by atoms with E-state index in [1.54, 1.807) is 17.5 Å². The van der Waals surface area contributed by atoms with Gasteiger partial charge in [-0.15, -0.1) is 11.3 Å². The van der Waals surface area contributed by atoms with Gasteiger partial charge in [-0.25, -0.2) is 4.98 Å². The SMILES string of the molecule is O=C(Cn1ccnc1-c1cccs1)Nc1cccc(Br)c1. The van der Waals surface area contributed by atoms with Crippen molar-refractivity contribution < 1.29 is 4.79 Å². The van der Waals surface area contributed by atoms with Crippen LogP contribution < -0.4 is 5.32 Å². The van der Waals surface area contributed by atoms with Crippen molar-refractivity contribution in [3.63, 3.8) is 0 Å². The lowest BCUT2D eigenvalue weighted by Gasteiger charge is -2.08. The van der Waals surface area contributed by atoms with Gasteiger partial charge in [0.2, 0.25) is 5.91 Å². The zero-order valence-corrected chi connectivity index (χ0v) is 13.4. The van der Waals surface area contributed by atoms with Crippen LogP contribution >= 0.6 is 27.3 Å². The molecule has 1 aromatic carbocycles. The second kappa shape index (κ2) is 6.24. The van der Waals surface area contributed by atoms with Crippen LogP contribution in [0.1, 0.15) is 0 Å². The van der Waals surface area contributed by atoms with E-state index in [0.29, 0.717) is 0 Å². The zero-order chi connectivity index (χ0) is 14.7. The second-order valence-corrected chi connectivity index (χ2v) is 6.28. The van der Waals surface area contributed by atoms with E-state index in [9.17, 15) is 4.79 Å². The minimum Gasteiger partial charge on any atom is -0.324 e. The lowest BCUT2D eigenvalue weighted by Crippen LogP contribution is -2.18. The Hall–Kier alpha value is -1.92. The highest BCUT2D eigenvalue weighted by Gasteiger charge is 2.10. The second-order valence-electron chi connectivity index (χ2n) is 4.41. The highest BCUT2D eigenvalue weighted by atomic mass is 79.9. The van der Waals surface area contributed by atoms with Gasteiger partial charge in [0, 0.05) is 22.6 Å². The first-order valence-electron chi connectivity index (χ1n) is 6.33. The maximum Gasteiger partial charge on any atom is 0.244 e. The smallest absolute Gasteiger partial charge is 0.244 e. The van der Waals surface area contributed by atoms with Crippen molar-refractivity contribution in [2.75, 3.05) is 5.32 Å². The van der Waals surface area contributed by atoms with E-state index in [0.717, 1.165) is 20.9 Å². The molecular weight excluding hydrogens is 350 g/mol. The predicted molar refractivity (Wildman–Crippen MR) is 88.3 cm³/mol. The van der Waals surface area contributed by atoms with Crippen LogP contribution in [0.5, 0.6) is 0 Å². The van der Waals surface area contributed by atoms with Crippen molar-refractivity contribution >= 4 is 38.9 Å². The van der Waals surface area contributed by atoms with Gasteiger partial charge in [-0.2, -0.15) is 0 Å². The van der Waals surface area contributed by atoms with Crippen LogP contribution in [0.2, 0.25) is 0 Å². The van der Waals surface area contributed by atoms with Gasteiger partial charge in [-0.3, -0.25) is 4.79 Å². The lowest BCUT2D eigenvalue weighted by atomic mass is 10.3. The van der Waals surface area contributed by atoms with Crippen LogP contribution in [-0.4, -0.2) is 15.5 Å². The summed E-state index contributed by atoms with van der Waals surface area (Å²) < 4.78 is 2.78. The molecular formula is C15H12BrN3OS. The molecule has 0 saturated carbocycles. The fourth-order valence-electron chi connectivity index (χ4n) is 1.99. The summed E-state index contributed by atoms with van der Waals surface area (Å²) in [6, 6.07) is 11.5. The van der Waals surface area contributed by atoms with Crippen molar-refractivity contribution in [2.24, 2.45) is 0 Å². The average molecular weight is 362 g/mol. The number of hydrogen-bond acceptors (Lipinski definition) is 3. The van der Waals surface area contributed by atoms with E-state index in [4.69, 9.17) is 0 Å². The Kier molecular flexibility index (Phi) is 4.17. The highest BCUT2D eigenvalue weighted by molar-refractivity contribution is 9.10. The van der Waals surface area contributed by atoms with Crippen molar-refractivity contribution in [2.45, 2.75) is 6.54 Å². The van der Waals surface area contributed by atoms with Crippen LogP contribution in [-0.2, 0) is 11.3 Å². The van der Waals surface area contributed by atoms with Crippen LogP contribution in [0, 0.1) is 0 Å². The molecule has 1 amide bonds. The summed E-state index contributed by atoms with van der Waals surface area (Å²) in [4.78, 5) is 17.5. The van der Waals surface area contributed by atoms with Crippen LogP contribution in [0.25, 0.3) is 10.7 Å². The summed E-state index contributed by atoms with van der Waals surface area (Å²) in [5, 5.41) is 4.88. The molecule has 21 heavy (non-hydrogen) atoms. The molecule has 3 aromatic rings. The van der Waals surface area contributed by atoms with E-state index in [2.05, 4.69) is 26.2 Å². The number of imidazole rings is 1. The zero-order valence-electron chi connectivity index (χ0n) is 11.0. The molecule has 0 spiro atoms. The number of nitrogens with one attached hydrogen (secondary N) is 1. The molecule has 0 aliphatic heterocycles. The molecule has 106 valence electrons. The highest BCUT2D eigenvalue weighted by Crippen LogP contribution is 2.23. The molecule has 6 heteroatoms. The fraction of sp³-hybridized carbons (Fsp3) is 0.0667. The number of aromatic nitrogens is 2. The molecule has 3 rings (SSSR count). The molecule has 0 atom stereocenters. The number of nitrogens with zero attached hydrogens (tertiary/aromatic N) is 2. The number of carbonyl (C=O) groups excluding carboxylic acids is 1. The summed E-state index contributed by atoms with van der Waals surface area (Å²) >= 11 is 4.99. The van der Waals surface area contributed by atoms with Crippen molar-refractivity contribution in [1.82, 2.24) is 9.55 Å². The van der Waals surface area contributed by atoms with E-state index < -0.39 is 0 Å².